The maximum absolute atomic E-state index is 13.2. The first-order valence-electron chi connectivity index (χ1n) is 11.1. The van der Waals surface area contributed by atoms with E-state index in [1.54, 1.807) is 43.5 Å². The van der Waals surface area contributed by atoms with Crippen LogP contribution in [-0.2, 0) is 9.59 Å². The van der Waals surface area contributed by atoms with Crippen LogP contribution in [0.15, 0.2) is 42.0 Å². The maximum atomic E-state index is 13.2. The molecule has 0 radical (unpaired) electrons. The van der Waals surface area contributed by atoms with Gasteiger partial charge in [-0.1, -0.05) is 6.07 Å². The highest BCUT2D eigenvalue weighted by molar-refractivity contribution is 6.46. The molecule has 1 aliphatic heterocycles. The predicted molar refractivity (Wildman–Crippen MR) is 129 cm³/mol. The Balaban J connectivity index is 2.18. The highest BCUT2D eigenvalue weighted by atomic mass is 16.5. The average molecular weight is 469 g/mol. The van der Waals surface area contributed by atoms with Gasteiger partial charge in [0.05, 0.1) is 32.4 Å². The number of Topliss-reactive ketones (excluding diaryl/α,β-unsaturated/α-hetero) is 1. The number of hydrogen-bond acceptors (Lipinski definition) is 7. The Morgan fingerprint density at radius 2 is 1.71 bits per heavy atom. The van der Waals surface area contributed by atoms with Crippen molar-refractivity contribution in [2.45, 2.75) is 19.9 Å². The summed E-state index contributed by atoms with van der Waals surface area (Å²) in [7, 11) is 6.89. The van der Waals surface area contributed by atoms with Crippen molar-refractivity contribution in [2.24, 2.45) is 0 Å². The molecule has 1 amide bonds. The Hall–Kier alpha value is -3.52. The Morgan fingerprint density at radius 1 is 1.03 bits per heavy atom. The molecular formula is C26H32N2O6. The molecule has 8 nitrogen and oxygen atoms in total. The third-order valence-corrected chi connectivity index (χ3v) is 5.80. The van der Waals surface area contributed by atoms with Crippen LogP contribution in [0.2, 0.25) is 0 Å². The van der Waals surface area contributed by atoms with Crippen molar-refractivity contribution < 1.29 is 28.9 Å². The third kappa shape index (κ3) is 4.87. The average Bonchev–Trinajstić information content (AvgIpc) is 3.07. The van der Waals surface area contributed by atoms with Crippen molar-refractivity contribution in [3.05, 3.63) is 58.7 Å². The zero-order valence-corrected chi connectivity index (χ0v) is 20.5. The van der Waals surface area contributed by atoms with Crippen molar-refractivity contribution in [3.8, 4) is 17.2 Å². The van der Waals surface area contributed by atoms with Crippen molar-refractivity contribution in [1.82, 2.24) is 9.80 Å². The number of benzene rings is 2. The molecule has 2 aromatic carbocycles. The molecule has 1 N–H and O–H groups in total. The SMILES string of the molecule is CCOc1ccc(C2/C(=C(/O)c3ccc(OC)c(C)c3)C(=O)C(=O)N2CCN(C)C)cc1OC. The fourth-order valence-electron chi connectivity index (χ4n) is 4.08. The van der Waals surface area contributed by atoms with Gasteiger partial charge in [0, 0.05) is 18.7 Å². The van der Waals surface area contributed by atoms with Crippen molar-refractivity contribution in [2.75, 3.05) is 48.0 Å². The summed E-state index contributed by atoms with van der Waals surface area (Å²) < 4.78 is 16.4. The summed E-state index contributed by atoms with van der Waals surface area (Å²) in [6.45, 7) is 5.06. The van der Waals surface area contributed by atoms with Crippen LogP contribution in [0.3, 0.4) is 0 Å². The molecule has 3 rings (SSSR count). The van der Waals surface area contributed by atoms with Gasteiger partial charge in [0.1, 0.15) is 11.5 Å². The lowest BCUT2D eigenvalue weighted by atomic mass is 9.94. The van der Waals surface area contributed by atoms with Crippen LogP contribution in [0, 0.1) is 6.92 Å². The molecule has 0 spiro atoms. The van der Waals surface area contributed by atoms with E-state index in [0.717, 1.165) is 5.56 Å². The zero-order valence-electron chi connectivity index (χ0n) is 20.5. The van der Waals surface area contributed by atoms with Gasteiger partial charge in [-0.25, -0.2) is 0 Å². The molecule has 2 aromatic rings. The zero-order chi connectivity index (χ0) is 25.0. The second kappa shape index (κ2) is 10.6. The second-order valence-corrected chi connectivity index (χ2v) is 8.32. The lowest BCUT2D eigenvalue weighted by Gasteiger charge is -2.27. The summed E-state index contributed by atoms with van der Waals surface area (Å²) in [5.74, 6) is 0.113. The second-order valence-electron chi connectivity index (χ2n) is 8.32. The molecule has 0 bridgehead atoms. The number of ether oxygens (including phenoxy) is 3. The number of nitrogens with zero attached hydrogens (tertiary/aromatic N) is 2. The summed E-state index contributed by atoms with van der Waals surface area (Å²) in [6.07, 6.45) is 0. The number of hydrogen-bond donors (Lipinski definition) is 1. The summed E-state index contributed by atoms with van der Waals surface area (Å²) in [6, 6.07) is 9.65. The van der Waals surface area contributed by atoms with Gasteiger partial charge in [-0.15, -0.1) is 0 Å². The van der Waals surface area contributed by atoms with Gasteiger partial charge in [0.25, 0.3) is 11.7 Å². The quantitative estimate of drug-likeness (QED) is 0.343. The summed E-state index contributed by atoms with van der Waals surface area (Å²) in [5, 5.41) is 11.3. The summed E-state index contributed by atoms with van der Waals surface area (Å²) in [5.41, 5.74) is 1.92. The molecular weight excluding hydrogens is 436 g/mol. The number of ketones is 1. The lowest BCUT2D eigenvalue weighted by Crippen LogP contribution is -2.35. The molecule has 182 valence electrons. The fourth-order valence-corrected chi connectivity index (χ4v) is 4.08. The van der Waals surface area contributed by atoms with Crippen molar-refractivity contribution in [1.29, 1.82) is 0 Å². The number of aliphatic hydroxyl groups is 1. The number of aliphatic hydroxyl groups excluding tert-OH is 1. The predicted octanol–water partition coefficient (Wildman–Crippen LogP) is 3.39. The van der Waals surface area contributed by atoms with Crippen LogP contribution in [0.5, 0.6) is 17.2 Å². The molecule has 0 saturated carbocycles. The first-order valence-corrected chi connectivity index (χ1v) is 11.1. The van der Waals surface area contributed by atoms with Gasteiger partial charge in [-0.3, -0.25) is 9.59 Å². The van der Waals surface area contributed by atoms with Crippen molar-refractivity contribution in [3.63, 3.8) is 0 Å². The van der Waals surface area contributed by atoms with Crippen LogP contribution < -0.4 is 14.2 Å². The molecule has 1 atom stereocenters. The van der Waals surface area contributed by atoms with E-state index < -0.39 is 17.7 Å². The lowest BCUT2D eigenvalue weighted by molar-refractivity contribution is -0.140. The molecule has 1 unspecified atom stereocenters. The van der Waals surface area contributed by atoms with E-state index in [0.29, 0.717) is 48.1 Å². The minimum Gasteiger partial charge on any atom is -0.507 e. The van der Waals surface area contributed by atoms with Gasteiger partial charge in [-0.05, 0) is 69.4 Å². The van der Waals surface area contributed by atoms with E-state index in [1.165, 1.54) is 12.0 Å². The number of aryl methyl sites for hydroxylation is 1. The maximum Gasteiger partial charge on any atom is 0.295 e. The Labute approximate surface area is 200 Å². The van der Waals surface area contributed by atoms with Gasteiger partial charge in [0.2, 0.25) is 0 Å². The van der Waals surface area contributed by atoms with E-state index in [9.17, 15) is 14.7 Å². The monoisotopic (exact) mass is 468 g/mol. The van der Waals surface area contributed by atoms with E-state index in [1.807, 2.05) is 32.8 Å². The van der Waals surface area contributed by atoms with Crippen LogP contribution in [-0.4, -0.2) is 74.6 Å². The number of amides is 1. The number of methoxy groups -OCH3 is 2. The third-order valence-electron chi connectivity index (χ3n) is 5.80. The summed E-state index contributed by atoms with van der Waals surface area (Å²) in [4.78, 5) is 29.7. The molecule has 0 aliphatic carbocycles. The Morgan fingerprint density at radius 3 is 2.29 bits per heavy atom. The standard InChI is InChI=1S/C26H32N2O6/c1-7-34-20-11-8-17(15-21(20)33-6)23-22(25(30)26(31)28(23)13-12-27(3)4)24(29)18-9-10-19(32-5)16(2)14-18/h8-11,14-15,23,29H,7,12-13H2,1-6H3/b24-22-. The molecule has 0 aromatic heterocycles. The normalized spacial score (nSPS) is 17.4. The number of carbonyl (C=O) groups excluding carboxylic acids is 2. The first kappa shape index (κ1) is 25.1. The highest BCUT2D eigenvalue weighted by Crippen LogP contribution is 2.42. The van der Waals surface area contributed by atoms with E-state index in [4.69, 9.17) is 14.2 Å². The Bertz CT molecular complexity index is 1110. The fraction of sp³-hybridized carbons (Fsp3) is 0.385. The van der Waals surface area contributed by atoms with Crippen LogP contribution in [0.25, 0.3) is 5.76 Å². The Kier molecular flexibility index (Phi) is 7.83. The summed E-state index contributed by atoms with van der Waals surface area (Å²) >= 11 is 0. The number of likely N-dealkylation sites (N-methyl/N-ethyl adjacent to an activating group) is 1. The highest BCUT2D eigenvalue weighted by Gasteiger charge is 2.46. The van der Waals surface area contributed by atoms with E-state index >= 15 is 0 Å². The van der Waals surface area contributed by atoms with E-state index in [-0.39, 0.29) is 11.3 Å². The van der Waals surface area contributed by atoms with Crippen LogP contribution in [0.1, 0.15) is 29.7 Å². The van der Waals surface area contributed by atoms with Gasteiger partial charge >= 0.3 is 0 Å². The van der Waals surface area contributed by atoms with Gasteiger partial charge in [0.15, 0.2) is 11.5 Å². The van der Waals surface area contributed by atoms with Crippen LogP contribution in [0.4, 0.5) is 0 Å². The van der Waals surface area contributed by atoms with E-state index in [2.05, 4.69) is 0 Å². The minimum atomic E-state index is -0.771. The first-order chi connectivity index (χ1) is 16.2. The molecule has 1 fully saturated rings. The minimum absolute atomic E-state index is 0.0412. The number of rotatable bonds is 9. The largest absolute Gasteiger partial charge is 0.507 e. The topological polar surface area (TPSA) is 88.5 Å². The number of carbonyl (C=O) groups is 2. The number of likely N-dealkylation sites (tertiary alicyclic amines) is 1. The molecule has 1 aliphatic rings. The van der Waals surface area contributed by atoms with Gasteiger partial charge in [-0.2, -0.15) is 0 Å². The molecule has 8 heteroatoms. The smallest absolute Gasteiger partial charge is 0.295 e. The molecule has 34 heavy (non-hydrogen) atoms. The molecule has 1 saturated heterocycles. The molecule has 1 heterocycles. The van der Waals surface area contributed by atoms with Gasteiger partial charge < -0.3 is 29.1 Å². The van der Waals surface area contributed by atoms with Crippen LogP contribution >= 0.6 is 0 Å². The van der Waals surface area contributed by atoms with Crippen molar-refractivity contribution >= 4 is 17.4 Å².